The number of aromatic nitrogens is 3. The van der Waals surface area contributed by atoms with E-state index >= 15 is 0 Å². The number of aromatic amines is 2. The van der Waals surface area contributed by atoms with Gasteiger partial charge in [-0.1, -0.05) is 0 Å². The molecule has 0 aliphatic carbocycles. The number of aromatic carboxylic acids is 1. The van der Waals surface area contributed by atoms with E-state index in [0.29, 0.717) is 5.82 Å². The second-order valence-electron chi connectivity index (χ2n) is 3.85. The summed E-state index contributed by atoms with van der Waals surface area (Å²) in [6.07, 6.45) is 4.26. The molecule has 0 saturated carbocycles. The Morgan fingerprint density at radius 1 is 1.47 bits per heavy atom. The lowest BCUT2D eigenvalue weighted by atomic mass is 10.4. The van der Waals surface area contributed by atoms with Crippen LogP contribution in [0, 0.1) is 0 Å². The predicted octanol–water partition coefficient (Wildman–Crippen LogP) is 0.257. The normalized spacial score (nSPS) is 11.9. The molecule has 0 radical (unpaired) electrons. The summed E-state index contributed by atoms with van der Waals surface area (Å²) in [7, 11) is -2.35. The third-order valence-corrected chi connectivity index (χ3v) is 4.30. The molecule has 2 aromatic heterocycles. The molecule has 0 fully saturated rings. The van der Waals surface area contributed by atoms with Gasteiger partial charge in [-0.2, -0.15) is 4.31 Å². The van der Waals surface area contributed by atoms with Crippen LogP contribution in [0.2, 0.25) is 0 Å². The SMILES string of the molecule is CN(Cc1ncc[nH]1)S(=O)(=O)c1c[nH]c(C(=O)O)c1. The zero-order chi connectivity index (χ0) is 14.0. The number of nitrogens with zero attached hydrogens (tertiary/aromatic N) is 2. The summed E-state index contributed by atoms with van der Waals surface area (Å²) in [5.74, 6) is -0.713. The van der Waals surface area contributed by atoms with E-state index in [0.717, 1.165) is 16.6 Å². The van der Waals surface area contributed by atoms with Crippen LogP contribution in [0.3, 0.4) is 0 Å². The molecule has 0 bridgehead atoms. The van der Waals surface area contributed by atoms with Crippen molar-refractivity contribution < 1.29 is 18.3 Å². The van der Waals surface area contributed by atoms with Crippen molar-refractivity contribution in [2.75, 3.05) is 7.05 Å². The Labute approximate surface area is 109 Å². The van der Waals surface area contributed by atoms with Gasteiger partial charge in [0.1, 0.15) is 16.4 Å². The number of carboxylic acids is 1. The molecule has 0 atom stereocenters. The van der Waals surface area contributed by atoms with E-state index in [1.165, 1.54) is 13.2 Å². The van der Waals surface area contributed by atoms with Crippen molar-refractivity contribution in [3.05, 3.63) is 36.2 Å². The van der Waals surface area contributed by atoms with Crippen molar-refractivity contribution in [3.8, 4) is 0 Å². The predicted molar refractivity (Wildman–Crippen MR) is 65.0 cm³/mol. The van der Waals surface area contributed by atoms with Crippen LogP contribution in [-0.2, 0) is 16.6 Å². The summed E-state index contributed by atoms with van der Waals surface area (Å²) in [5.41, 5.74) is -0.176. The summed E-state index contributed by atoms with van der Waals surface area (Å²) in [5, 5.41) is 8.76. The second-order valence-corrected chi connectivity index (χ2v) is 5.90. The smallest absolute Gasteiger partial charge is 0.352 e. The average molecular weight is 284 g/mol. The molecule has 3 N–H and O–H groups in total. The van der Waals surface area contributed by atoms with E-state index in [9.17, 15) is 13.2 Å². The Morgan fingerprint density at radius 3 is 2.74 bits per heavy atom. The third kappa shape index (κ3) is 2.66. The number of imidazole rings is 1. The molecule has 2 aromatic rings. The average Bonchev–Trinajstić information content (AvgIpc) is 2.99. The van der Waals surface area contributed by atoms with Crippen LogP contribution < -0.4 is 0 Å². The van der Waals surface area contributed by atoms with Gasteiger partial charge in [-0.15, -0.1) is 0 Å². The quantitative estimate of drug-likeness (QED) is 0.727. The maximum atomic E-state index is 12.2. The number of carboxylic acid groups (broad SMARTS) is 1. The van der Waals surface area contributed by atoms with Crippen LogP contribution in [0.5, 0.6) is 0 Å². The minimum absolute atomic E-state index is 0.0723. The molecule has 0 aliphatic heterocycles. The molecule has 19 heavy (non-hydrogen) atoms. The first-order valence-electron chi connectivity index (χ1n) is 5.27. The largest absolute Gasteiger partial charge is 0.477 e. The van der Waals surface area contributed by atoms with Crippen LogP contribution in [0.25, 0.3) is 0 Å². The number of carbonyl (C=O) groups is 1. The zero-order valence-corrected chi connectivity index (χ0v) is 10.8. The Bertz CT molecular complexity index is 674. The molecule has 8 nitrogen and oxygen atoms in total. The molecule has 0 aromatic carbocycles. The van der Waals surface area contributed by atoms with Gasteiger partial charge in [-0.25, -0.2) is 18.2 Å². The minimum Gasteiger partial charge on any atom is -0.477 e. The highest BCUT2D eigenvalue weighted by Gasteiger charge is 2.24. The Balaban J connectivity index is 2.23. The fourth-order valence-corrected chi connectivity index (χ4v) is 2.63. The maximum Gasteiger partial charge on any atom is 0.352 e. The van der Waals surface area contributed by atoms with Crippen LogP contribution in [0.15, 0.2) is 29.6 Å². The first kappa shape index (κ1) is 13.3. The lowest BCUT2D eigenvalue weighted by molar-refractivity contribution is 0.0691. The lowest BCUT2D eigenvalue weighted by Gasteiger charge is -2.14. The third-order valence-electron chi connectivity index (χ3n) is 2.52. The number of nitrogens with one attached hydrogen (secondary N) is 2. The number of hydrogen-bond acceptors (Lipinski definition) is 4. The first-order chi connectivity index (χ1) is 8.91. The van der Waals surface area contributed by atoms with Crippen LogP contribution in [0.4, 0.5) is 0 Å². The number of sulfonamides is 1. The summed E-state index contributed by atoms with van der Waals surface area (Å²) in [6, 6.07) is 1.08. The summed E-state index contributed by atoms with van der Waals surface area (Å²) < 4.78 is 25.4. The molecule has 2 rings (SSSR count). The van der Waals surface area contributed by atoms with Gasteiger partial charge in [-0.3, -0.25) is 0 Å². The van der Waals surface area contributed by atoms with E-state index in [1.54, 1.807) is 6.20 Å². The van der Waals surface area contributed by atoms with Crippen molar-refractivity contribution in [2.45, 2.75) is 11.4 Å². The fraction of sp³-hybridized carbons (Fsp3) is 0.200. The van der Waals surface area contributed by atoms with E-state index in [4.69, 9.17) is 5.11 Å². The van der Waals surface area contributed by atoms with Gasteiger partial charge in [0.05, 0.1) is 6.54 Å². The van der Waals surface area contributed by atoms with E-state index in [2.05, 4.69) is 15.0 Å². The highest BCUT2D eigenvalue weighted by molar-refractivity contribution is 7.89. The molecule has 0 amide bonds. The van der Waals surface area contributed by atoms with Crippen molar-refractivity contribution in [1.82, 2.24) is 19.3 Å². The molecular formula is C10H12N4O4S. The van der Waals surface area contributed by atoms with Crippen LogP contribution >= 0.6 is 0 Å². The van der Waals surface area contributed by atoms with Crippen LogP contribution in [-0.4, -0.2) is 45.8 Å². The molecule has 0 spiro atoms. The van der Waals surface area contributed by atoms with Crippen molar-refractivity contribution >= 4 is 16.0 Å². The molecule has 0 unspecified atom stereocenters. The van der Waals surface area contributed by atoms with Crippen LogP contribution in [0.1, 0.15) is 16.3 Å². The number of rotatable bonds is 5. The zero-order valence-electron chi connectivity index (χ0n) is 9.99. The van der Waals surface area contributed by atoms with E-state index in [-0.39, 0.29) is 17.1 Å². The molecule has 102 valence electrons. The van der Waals surface area contributed by atoms with Gasteiger partial charge in [-0.05, 0) is 6.07 Å². The Hall–Kier alpha value is -2.13. The standard InChI is InChI=1S/C10H12N4O4S/c1-14(6-9-11-2-3-12-9)19(17,18)7-4-8(10(15)16)13-5-7/h2-5,13H,6H2,1H3,(H,11,12)(H,15,16). The number of hydrogen-bond donors (Lipinski definition) is 3. The number of H-pyrrole nitrogens is 2. The van der Waals surface area contributed by atoms with E-state index in [1.807, 2.05) is 0 Å². The van der Waals surface area contributed by atoms with E-state index < -0.39 is 16.0 Å². The topological polar surface area (TPSA) is 119 Å². The lowest BCUT2D eigenvalue weighted by Crippen LogP contribution is -2.26. The summed E-state index contributed by atoms with van der Waals surface area (Å²) in [6.45, 7) is 0.0723. The molecular weight excluding hydrogens is 272 g/mol. The monoisotopic (exact) mass is 284 g/mol. The van der Waals surface area contributed by atoms with Gasteiger partial charge in [0.2, 0.25) is 10.0 Å². The highest BCUT2D eigenvalue weighted by Crippen LogP contribution is 2.16. The highest BCUT2D eigenvalue weighted by atomic mass is 32.2. The molecule has 9 heteroatoms. The van der Waals surface area contributed by atoms with Crippen molar-refractivity contribution in [1.29, 1.82) is 0 Å². The Morgan fingerprint density at radius 2 is 2.21 bits per heavy atom. The Kier molecular flexibility index (Phi) is 3.40. The second kappa shape index (κ2) is 4.86. The van der Waals surface area contributed by atoms with Gasteiger partial charge >= 0.3 is 5.97 Å². The molecule has 2 heterocycles. The summed E-state index contributed by atoms with van der Waals surface area (Å²) >= 11 is 0. The van der Waals surface area contributed by atoms with Crippen molar-refractivity contribution in [3.63, 3.8) is 0 Å². The fourth-order valence-electron chi connectivity index (χ4n) is 1.51. The molecule has 0 aliphatic rings. The molecule has 0 saturated heterocycles. The van der Waals surface area contributed by atoms with Crippen molar-refractivity contribution in [2.24, 2.45) is 0 Å². The maximum absolute atomic E-state index is 12.2. The van der Waals surface area contributed by atoms with Gasteiger partial charge in [0, 0.05) is 25.6 Å². The minimum atomic E-state index is -3.75. The first-order valence-corrected chi connectivity index (χ1v) is 6.71. The summed E-state index contributed by atoms with van der Waals surface area (Å²) in [4.78, 5) is 19.7. The van der Waals surface area contributed by atoms with Gasteiger partial charge in [0.25, 0.3) is 0 Å². The van der Waals surface area contributed by atoms with Gasteiger partial charge < -0.3 is 15.1 Å². The van der Waals surface area contributed by atoms with Gasteiger partial charge in [0.15, 0.2) is 0 Å².